The molecule has 0 unspecified atom stereocenters. The van der Waals surface area contributed by atoms with Crippen LogP contribution in [0.1, 0.15) is 28.7 Å². The number of carbonyl (C=O) groups excluding carboxylic acids is 1. The fourth-order valence-electron chi connectivity index (χ4n) is 2.53. The Morgan fingerprint density at radius 1 is 1.33 bits per heavy atom. The highest BCUT2D eigenvalue weighted by Gasteiger charge is 2.13. The predicted octanol–water partition coefficient (Wildman–Crippen LogP) is 3.10. The number of nitrogens with zero attached hydrogens (tertiary/aromatic N) is 2. The average Bonchev–Trinajstić information content (AvgIpc) is 3.03. The van der Waals surface area contributed by atoms with Gasteiger partial charge in [-0.05, 0) is 19.9 Å². The van der Waals surface area contributed by atoms with Crippen molar-refractivity contribution in [1.82, 2.24) is 15.0 Å². The molecule has 0 fully saturated rings. The van der Waals surface area contributed by atoms with Gasteiger partial charge in [-0.25, -0.2) is 9.97 Å². The van der Waals surface area contributed by atoms with Gasteiger partial charge in [-0.1, -0.05) is 18.2 Å². The second-order valence-corrected chi connectivity index (χ2v) is 5.45. The molecular formula is C18H20N4O2. The smallest absolute Gasteiger partial charge is 0.184 e. The van der Waals surface area contributed by atoms with Gasteiger partial charge in [0, 0.05) is 41.0 Å². The molecule has 2 heterocycles. The van der Waals surface area contributed by atoms with Crippen LogP contribution < -0.4 is 5.32 Å². The van der Waals surface area contributed by atoms with E-state index < -0.39 is 0 Å². The Kier molecular flexibility index (Phi) is 4.86. The number of ether oxygens (including phenoxy) is 1. The zero-order chi connectivity index (χ0) is 16.9. The van der Waals surface area contributed by atoms with Gasteiger partial charge in [0.05, 0.1) is 13.2 Å². The molecule has 0 aliphatic carbocycles. The molecule has 3 rings (SSSR count). The third-order valence-corrected chi connectivity index (χ3v) is 3.75. The number of aromatic nitrogens is 3. The van der Waals surface area contributed by atoms with Crippen molar-refractivity contribution >= 4 is 22.5 Å². The number of Topliss-reactive ketones (excluding diaryl/α,β-unsaturated/α-hetero) is 1. The van der Waals surface area contributed by atoms with Crippen molar-refractivity contribution in [2.45, 2.75) is 20.5 Å². The molecule has 0 atom stereocenters. The number of nitrogens with one attached hydrogen (secondary N) is 2. The third kappa shape index (κ3) is 3.44. The summed E-state index contributed by atoms with van der Waals surface area (Å²) in [6.07, 6.45) is 3.48. The number of para-hydroxylation sites is 1. The van der Waals surface area contributed by atoms with Gasteiger partial charge in [-0.3, -0.25) is 4.79 Å². The van der Waals surface area contributed by atoms with E-state index >= 15 is 0 Å². The summed E-state index contributed by atoms with van der Waals surface area (Å²) in [5.41, 5.74) is 2.47. The highest BCUT2D eigenvalue weighted by molar-refractivity contribution is 6.09. The molecule has 2 N–H and O–H groups in total. The van der Waals surface area contributed by atoms with E-state index in [0.717, 1.165) is 16.5 Å². The molecule has 124 valence electrons. The van der Waals surface area contributed by atoms with E-state index in [2.05, 4.69) is 20.3 Å². The minimum absolute atomic E-state index is 0.00563. The number of hydrogen-bond acceptors (Lipinski definition) is 5. The minimum atomic E-state index is 0.00563. The van der Waals surface area contributed by atoms with Crippen LogP contribution in [0.3, 0.4) is 0 Å². The Hall–Kier alpha value is -2.73. The van der Waals surface area contributed by atoms with Crippen molar-refractivity contribution < 1.29 is 9.53 Å². The molecule has 6 nitrogen and oxygen atoms in total. The number of rotatable bonds is 7. The van der Waals surface area contributed by atoms with Crippen LogP contribution in [0.2, 0.25) is 0 Å². The fraction of sp³-hybridized carbons (Fsp3) is 0.278. The number of benzene rings is 1. The van der Waals surface area contributed by atoms with Crippen LogP contribution in [0, 0.1) is 6.92 Å². The summed E-state index contributed by atoms with van der Waals surface area (Å²) in [7, 11) is 0. The molecule has 0 aliphatic rings. The predicted molar refractivity (Wildman–Crippen MR) is 93.2 cm³/mol. The standard InChI is InChI=1S/C18H20N4O2/c1-3-24-11-13-8-19-12(2)22-18(13)21-10-17(23)15-9-20-16-7-5-4-6-14(15)16/h4-9,20H,3,10-11H2,1-2H3,(H,19,21,22). The van der Waals surface area contributed by atoms with Crippen LogP contribution in [-0.2, 0) is 11.3 Å². The van der Waals surface area contributed by atoms with Gasteiger partial charge in [-0.15, -0.1) is 0 Å². The van der Waals surface area contributed by atoms with Gasteiger partial charge in [0.25, 0.3) is 0 Å². The van der Waals surface area contributed by atoms with E-state index in [1.165, 1.54) is 0 Å². The highest BCUT2D eigenvalue weighted by Crippen LogP contribution is 2.19. The molecular weight excluding hydrogens is 304 g/mol. The van der Waals surface area contributed by atoms with Gasteiger partial charge < -0.3 is 15.0 Å². The maximum Gasteiger partial charge on any atom is 0.184 e. The van der Waals surface area contributed by atoms with E-state index in [1.807, 2.05) is 38.1 Å². The first-order valence-electron chi connectivity index (χ1n) is 7.92. The number of H-pyrrole nitrogens is 1. The van der Waals surface area contributed by atoms with E-state index in [4.69, 9.17) is 4.74 Å². The summed E-state index contributed by atoms with van der Waals surface area (Å²) in [5, 5.41) is 4.05. The number of ketones is 1. The Labute approximate surface area is 140 Å². The summed E-state index contributed by atoms with van der Waals surface area (Å²) in [4.78, 5) is 24.2. The molecule has 2 aromatic heterocycles. The van der Waals surface area contributed by atoms with Crippen LogP contribution in [-0.4, -0.2) is 33.9 Å². The van der Waals surface area contributed by atoms with Gasteiger partial charge in [0.15, 0.2) is 5.78 Å². The summed E-state index contributed by atoms with van der Waals surface area (Å²) in [6, 6.07) is 7.76. The molecule has 0 saturated heterocycles. The first-order chi connectivity index (χ1) is 11.7. The van der Waals surface area contributed by atoms with Crippen LogP contribution >= 0.6 is 0 Å². The molecule has 0 saturated carbocycles. The fourth-order valence-corrected chi connectivity index (χ4v) is 2.53. The molecule has 6 heteroatoms. The first-order valence-corrected chi connectivity index (χ1v) is 7.92. The second-order valence-electron chi connectivity index (χ2n) is 5.45. The summed E-state index contributed by atoms with van der Waals surface area (Å²) in [5.74, 6) is 1.30. The number of fused-ring (bicyclic) bond motifs is 1. The van der Waals surface area contributed by atoms with Crippen LogP contribution in [0.15, 0.2) is 36.7 Å². The number of carbonyl (C=O) groups is 1. The Morgan fingerprint density at radius 3 is 3.00 bits per heavy atom. The number of aromatic amines is 1. The molecule has 3 aromatic rings. The quantitative estimate of drug-likeness (QED) is 0.653. The molecule has 0 spiro atoms. The molecule has 0 amide bonds. The summed E-state index contributed by atoms with van der Waals surface area (Å²) >= 11 is 0. The monoisotopic (exact) mass is 324 g/mol. The van der Waals surface area contributed by atoms with Gasteiger partial charge in [0.2, 0.25) is 0 Å². The van der Waals surface area contributed by atoms with E-state index in [0.29, 0.717) is 30.4 Å². The SMILES string of the molecule is CCOCc1cnc(C)nc1NCC(=O)c1c[nH]c2ccccc12. The zero-order valence-electron chi connectivity index (χ0n) is 13.8. The van der Waals surface area contributed by atoms with E-state index in [-0.39, 0.29) is 12.3 Å². The molecule has 0 bridgehead atoms. The van der Waals surface area contributed by atoms with Crippen molar-refractivity contribution in [3.8, 4) is 0 Å². The second kappa shape index (κ2) is 7.23. The lowest BCUT2D eigenvalue weighted by molar-refractivity contribution is 0.101. The normalized spacial score (nSPS) is 10.9. The lowest BCUT2D eigenvalue weighted by Gasteiger charge is -2.11. The lowest BCUT2D eigenvalue weighted by atomic mass is 10.1. The number of hydrogen-bond donors (Lipinski definition) is 2. The van der Waals surface area contributed by atoms with Crippen LogP contribution in [0.25, 0.3) is 10.9 Å². The van der Waals surface area contributed by atoms with Gasteiger partial charge in [-0.2, -0.15) is 0 Å². The number of aryl methyl sites for hydroxylation is 1. The maximum absolute atomic E-state index is 12.5. The van der Waals surface area contributed by atoms with Crippen molar-refractivity contribution in [3.05, 3.63) is 53.6 Å². The van der Waals surface area contributed by atoms with Gasteiger partial charge in [0.1, 0.15) is 11.6 Å². The van der Waals surface area contributed by atoms with Crippen molar-refractivity contribution in [1.29, 1.82) is 0 Å². The zero-order valence-corrected chi connectivity index (χ0v) is 13.8. The van der Waals surface area contributed by atoms with Crippen molar-refractivity contribution in [2.24, 2.45) is 0 Å². The minimum Gasteiger partial charge on any atom is -0.377 e. The lowest BCUT2D eigenvalue weighted by Crippen LogP contribution is -2.16. The van der Waals surface area contributed by atoms with Crippen molar-refractivity contribution in [3.63, 3.8) is 0 Å². The molecule has 0 radical (unpaired) electrons. The van der Waals surface area contributed by atoms with Crippen LogP contribution in [0.4, 0.5) is 5.82 Å². The van der Waals surface area contributed by atoms with E-state index in [1.54, 1.807) is 12.4 Å². The Morgan fingerprint density at radius 2 is 2.17 bits per heavy atom. The molecule has 0 aliphatic heterocycles. The highest BCUT2D eigenvalue weighted by atomic mass is 16.5. The average molecular weight is 324 g/mol. The largest absolute Gasteiger partial charge is 0.377 e. The van der Waals surface area contributed by atoms with E-state index in [9.17, 15) is 4.79 Å². The van der Waals surface area contributed by atoms with Gasteiger partial charge >= 0.3 is 0 Å². The van der Waals surface area contributed by atoms with Crippen LogP contribution in [0.5, 0.6) is 0 Å². The summed E-state index contributed by atoms with van der Waals surface area (Å²) < 4.78 is 5.43. The summed E-state index contributed by atoms with van der Waals surface area (Å²) in [6.45, 7) is 4.94. The topological polar surface area (TPSA) is 79.9 Å². The maximum atomic E-state index is 12.5. The number of anilines is 1. The molecule has 24 heavy (non-hydrogen) atoms. The third-order valence-electron chi connectivity index (χ3n) is 3.75. The first kappa shape index (κ1) is 16.1. The van der Waals surface area contributed by atoms with Crippen molar-refractivity contribution in [2.75, 3.05) is 18.5 Å². The molecule has 1 aromatic carbocycles. The Bertz CT molecular complexity index is 857. The Balaban J connectivity index is 1.75.